The number of esters is 1. The van der Waals surface area contributed by atoms with Gasteiger partial charge in [-0.15, -0.1) is 0 Å². The molecule has 0 spiro atoms. The van der Waals surface area contributed by atoms with Crippen LogP contribution in [0.25, 0.3) is 0 Å². The summed E-state index contributed by atoms with van der Waals surface area (Å²) in [6.07, 6.45) is 3.05. The van der Waals surface area contributed by atoms with Crippen molar-refractivity contribution in [1.82, 2.24) is 4.90 Å². The Kier molecular flexibility index (Phi) is 8.74. The van der Waals surface area contributed by atoms with E-state index in [1.165, 1.54) is 0 Å². The van der Waals surface area contributed by atoms with Crippen molar-refractivity contribution in [2.45, 2.75) is 33.1 Å². The third kappa shape index (κ3) is 6.68. The van der Waals surface area contributed by atoms with Gasteiger partial charge in [0.1, 0.15) is 0 Å². The average molecular weight is 332 g/mol. The van der Waals surface area contributed by atoms with Crippen LogP contribution in [-0.2, 0) is 4.74 Å². The smallest absolute Gasteiger partial charge is 0.339 e. The van der Waals surface area contributed by atoms with E-state index in [2.05, 4.69) is 18.7 Å². The number of rotatable bonds is 9. The average Bonchev–Trinajstić information content (AvgIpc) is 2.46. The van der Waals surface area contributed by atoms with E-state index in [1.54, 1.807) is 18.2 Å². The largest absolute Gasteiger partial charge is 0.462 e. The molecule has 1 aromatic carbocycles. The fraction of sp³-hybridized carbons (Fsp3) is 0.562. The molecule has 0 fully saturated rings. The quantitative estimate of drug-likeness (QED) is 0.486. The zero-order valence-corrected chi connectivity index (χ0v) is 14.2. The third-order valence-electron chi connectivity index (χ3n) is 3.40. The molecule has 1 aromatic rings. The first-order chi connectivity index (χ1) is 10.1. The molecule has 0 bridgehead atoms. The Morgan fingerprint density at radius 3 is 2.48 bits per heavy atom. The number of hydrogen-bond donors (Lipinski definition) is 0. The first-order valence-corrected chi connectivity index (χ1v) is 8.18. The number of halogens is 2. The lowest BCUT2D eigenvalue weighted by atomic mass is 10.2. The highest BCUT2D eigenvalue weighted by Crippen LogP contribution is 2.21. The van der Waals surface area contributed by atoms with Crippen LogP contribution in [0.3, 0.4) is 0 Å². The summed E-state index contributed by atoms with van der Waals surface area (Å²) < 4.78 is 5.23. The number of benzene rings is 1. The Balaban J connectivity index is 2.22. The molecule has 0 N–H and O–H groups in total. The maximum absolute atomic E-state index is 11.9. The molecule has 0 atom stereocenters. The highest BCUT2D eigenvalue weighted by Gasteiger charge is 2.11. The maximum atomic E-state index is 11.9. The monoisotopic (exact) mass is 331 g/mol. The van der Waals surface area contributed by atoms with Gasteiger partial charge in [-0.2, -0.15) is 0 Å². The van der Waals surface area contributed by atoms with Gasteiger partial charge in [0.25, 0.3) is 0 Å². The van der Waals surface area contributed by atoms with Gasteiger partial charge in [0.2, 0.25) is 0 Å². The van der Waals surface area contributed by atoms with Crippen LogP contribution in [0.15, 0.2) is 18.2 Å². The van der Waals surface area contributed by atoms with Gasteiger partial charge in [0.15, 0.2) is 0 Å². The van der Waals surface area contributed by atoms with Crippen LogP contribution >= 0.6 is 23.2 Å². The molecule has 0 radical (unpaired) electrons. The molecular weight excluding hydrogens is 309 g/mol. The fourth-order valence-electron chi connectivity index (χ4n) is 2.05. The van der Waals surface area contributed by atoms with Gasteiger partial charge >= 0.3 is 5.97 Å². The van der Waals surface area contributed by atoms with Gasteiger partial charge in [-0.25, -0.2) is 4.79 Å². The summed E-state index contributed by atoms with van der Waals surface area (Å²) in [6, 6.07) is 4.77. The lowest BCUT2D eigenvalue weighted by molar-refractivity contribution is 0.0497. The summed E-state index contributed by atoms with van der Waals surface area (Å²) in [7, 11) is 0. The van der Waals surface area contributed by atoms with Gasteiger partial charge in [0.05, 0.1) is 17.2 Å². The minimum absolute atomic E-state index is 0.328. The van der Waals surface area contributed by atoms with Crippen molar-refractivity contribution in [2.24, 2.45) is 0 Å². The van der Waals surface area contributed by atoms with Crippen molar-refractivity contribution >= 4 is 29.2 Å². The van der Waals surface area contributed by atoms with Crippen LogP contribution < -0.4 is 0 Å². The molecule has 0 unspecified atom stereocenters. The Bertz CT molecular complexity index is 448. The van der Waals surface area contributed by atoms with Crippen LogP contribution in [0.2, 0.25) is 10.0 Å². The second kappa shape index (κ2) is 10.0. The predicted octanol–water partition coefficient (Wildman–Crippen LogP) is 4.66. The molecule has 3 nitrogen and oxygen atoms in total. The minimum Gasteiger partial charge on any atom is -0.462 e. The highest BCUT2D eigenvalue weighted by molar-refractivity contribution is 6.36. The van der Waals surface area contributed by atoms with Crippen molar-refractivity contribution in [1.29, 1.82) is 0 Å². The topological polar surface area (TPSA) is 29.5 Å². The van der Waals surface area contributed by atoms with E-state index in [9.17, 15) is 4.79 Å². The molecule has 21 heavy (non-hydrogen) atoms. The molecule has 0 amide bonds. The Morgan fingerprint density at radius 2 is 1.86 bits per heavy atom. The van der Waals surface area contributed by atoms with E-state index in [0.717, 1.165) is 38.9 Å². The molecule has 0 aromatic heterocycles. The van der Waals surface area contributed by atoms with Gasteiger partial charge in [-0.05, 0) is 57.1 Å². The number of carbonyl (C=O) groups is 1. The molecule has 0 aliphatic rings. The number of unbranched alkanes of at least 4 members (excludes halogenated alkanes) is 2. The molecule has 0 aliphatic carbocycles. The van der Waals surface area contributed by atoms with Crippen LogP contribution in [-0.4, -0.2) is 37.1 Å². The van der Waals surface area contributed by atoms with E-state index in [1.807, 2.05) is 0 Å². The van der Waals surface area contributed by atoms with Crippen LogP contribution in [0, 0.1) is 0 Å². The van der Waals surface area contributed by atoms with Crippen molar-refractivity contribution < 1.29 is 9.53 Å². The number of nitrogens with zero attached hydrogens (tertiary/aromatic N) is 1. The zero-order chi connectivity index (χ0) is 15.7. The van der Waals surface area contributed by atoms with Crippen LogP contribution in [0.1, 0.15) is 43.5 Å². The standard InChI is InChI=1S/C16H23Cl2NO2/c1-3-19(4-2)10-6-5-7-11-21-16(20)14-9-8-13(17)12-15(14)18/h8-9,12H,3-7,10-11H2,1-2H3. The van der Waals surface area contributed by atoms with E-state index >= 15 is 0 Å². The minimum atomic E-state index is -0.389. The second-order valence-electron chi connectivity index (χ2n) is 4.85. The first-order valence-electron chi connectivity index (χ1n) is 7.43. The SMILES string of the molecule is CCN(CC)CCCCCOC(=O)c1ccc(Cl)cc1Cl. The molecule has 0 aliphatic heterocycles. The molecule has 118 valence electrons. The van der Waals surface area contributed by atoms with Crippen LogP contribution in [0.4, 0.5) is 0 Å². The number of hydrogen-bond acceptors (Lipinski definition) is 3. The second-order valence-corrected chi connectivity index (χ2v) is 5.69. The summed E-state index contributed by atoms with van der Waals surface area (Å²) in [5, 5.41) is 0.835. The number of carbonyl (C=O) groups excluding carboxylic acids is 1. The molecule has 5 heteroatoms. The Morgan fingerprint density at radius 1 is 1.14 bits per heavy atom. The lowest BCUT2D eigenvalue weighted by Crippen LogP contribution is -2.23. The van der Waals surface area contributed by atoms with Crippen LogP contribution in [0.5, 0.6) is 0 Å². The van der Waals surface area contributed by atoms with Gasteiger partial charge in [-0.1, -0.05) is 37.0 Å². The summed E-state index contributed by atoms with van der Waals surface area (Å²) >= 11 is 11.8. The van der Waals surface area contributed by atoms with E-state index in [-0.39, 0.29) is 5.97 Å². The fourth-order valence-corrected chi connectivity index (χ4v) is 2.54. The predicted molar refractivity (Wildman–Crippen MR) is 88.4 cm³/mol. The summed E-state index contributed by atoms with van der Waals surface area (Å²) in [6.45, 7) is 8.03. The molecule has 0 heterocycles. The normalized spacial score (nSPS) is 10.9. The van der Waals surface area contributed by atoms with Gasteiger partial charge in [-0.3, -0.25) is 0 Å². The van der Waals surface area contributed by atoms with Crippen molar-refractivity contribution in [2.75, 3.05) is 26.2 Å². The zero-order valence-electron chi connectivity index (χ0n) is 12.7. The molecule has 1 rings (SSSR count). The first kappa shape index (κ1) is 18.3. The summed E-state index contributed by atoms with van der Waals surface area (Å²) in [5.41, 5.74) is 0.365. The Hall–Kier alpha value is -0.770. The van der Waals surface area contributed by atoms with Gasteiger partial charge in [0, 0.05) is 5.02 Å². The molecule has 0 saturated heterocycles. The summed E-state index contributed by atoms with van der Waals surface area (Å²) in [4.78, 5) is 14.2. The molecular formula is C16H23Cl2NO2. The maximum Gasteiger partial charge on any atom is 0.339 e. The third-order valence-corrected chi connectivity index (χ3v) is 3.95. The summed E-state index contributed by atoms with van der Waals surface area (Å²) in [5.74, 6) is -0.389. The van der Waals surface area contributed by atoms with Crippen molar-refractivity contribution in [3.63, 3.8) is 0 Å². The van der Waals surface area contributed by atoms with Crippen molar-refractivity contribution in [3.05, 3.63) is 33.8 Å². The lowest BCUT2D eigenvalue weighted by Gasteiger charge is -2.17. The molecule has 0 saturated carbocycles. The van der Waals surface area contributed by atoms with E-state index < -0.39 is 0 Å². The van der Waals surface area contributed by atoms with Gasteiger partial charge < -0.3 is 9.64 Å². The van der Waals surface area contributed by atoms with Crippen molar-refractivity contribution in [3.8, 4) is 0 Å². The highest BCUT2D eigenvalue weighted by atomic mass is 35.5. The Labute approximate surface area is 137 Å². The van der Waals surface area contributed by atoms with E-state index in [4.69, 9.17) is 27.9 Å². The number of ether oxygens (including phenoxy) is 1. The van der Waals surface area contributed by atoms with E-state index in [0.29, 0.717) is 22.2 Å².